The number of carbonyl (C=O) groups is 1. The third kappa shape index (κ3) is 3.02. The molecule has 1 amide bonds. The molecule has 3 heterocycles. The molecular weight excluding hydrogens is 344 g/mol. The molecule has 1 aliphatic heterocycles. The van der Waals surface area contributed by atoms with Gasteiger partial charge in [0.15, 0.2) is 5.69 Å². The first-order valence-corrected chi connectivity index (χ1v) is 9.43. The lowest BCUT2D eigenvalue weighted by Crippen LogP contribution is -2.42. The van der Waals surface area contributed by atoms with Crippen molar-refractivity contribution in [2.75, 3.05) is 20.3 Å². The fourth-order valence-corrected chi connectivity index (χ4v) is 3.89. The standard InChI is InChI=1S/C20H24N4O3/c1-14-7-5-6-10-22(14)19(25)15-13-18-20(26)23(11-12-27-2)16-8-3-4-9-17(16)24(18)21-15/h3-4,8-9,13-14H,5-7,10-12H2,1-2H3/t14-/m0/s1. The zero-order valence-electron chi connectivity index (χ0n) is 15.7. The van der Waals surface area contributed by atoms with Crippen molar-refractivity contribution in [2.24, 2.45) is 0 Å². The fraction of sp³-hybridized carbons (Fsp3) is 0.450. The summed E-state index contributed by atoms with van der Waals surface area (Å²) in [7, 11) is 1.61. The second-order valence-corrected chi connectivity index (χ2v) is 7.11. The number of fused-ring (bicyclic) bond motifs is 3. The molecule has 0 N–H and O–H groups in total. The number of aromatic nitrogens is 3. The SMILES string of the molecule is COCCn1c(=O)c2cc(C(=O)N3CCCC[C@@H]3C)nn2c2ccccc21. The van der Waals surface area contributed by atoms with Crippen molar-refractivity contribution in [3.8, 4) is 0 Å². The number of carbonyl (C=O) groups excluding carboxylic acids is 1. The van der Waals surface area contributed by atoms with Crippen LogP contribution in [0.4, 0.5) is 0 Å². The van der Waals surface area contributed by atoms with E-state index in [0.717, 1.165) is 36.8 Å². The summed E-state index contributed by atoms with van der Waals surface area (Å²) in [6.07, 6.45) is 3.16. The molecule has 0 radical (unpaired) electrons. The van der Waals surface area contributed by atoms with E-state index in [4.69, 9.17) is 4.74 Å². The van der Waals surface area contributed by atoms with Crippen LogP contribution in [-0.4, -0.2) is 51.3 Å². The zero-order chi connectivity index (χ0) is 19.0. The number of hydrogen-bond acceptors (Lipinski definition) is 4. The van der Waals surface area contributed by atoms with Crippen LogP contribution in [0.1, 0.15) is 36.7 Å². The quantitative estimate of drug-likeness (QED) is 0.709. The average molecular weight is 368 g/mol. The Morgan fingerprint density at radius 3 is 2.74 bits per heavy atom. The Hall–Kier alpha value is -2.67. The number of methoxy groups -OCH3 is 1. The summed E-state index contributed by atoms with van der Waals surface area (Å²) in [6.45, 7) is 3.70. The molecule has 3 aromatic rings. The van der Waals surface area contributed by atoms with Crippen LogP contribution in [-0.2, 0) is 11.3 Å². The van der Waals surface area contributed by atoms with Gasteiger partial charge in [-0.05, 0) is 38.3 Å². The first kappa shape index (κ1) is 17.7. The van der Waals surface area contributed by atoms with E-state index < -0.39 is 0 Å². The molecule has 0 spiro atoms. The number of rotatable bonds is 4. The number of nitrogens with zero attached hydrogens (tertiary/aromatic N) is 4. The van der Waals surface area contributed by atoms with Crippen LogP contribution >= 0.6 is 0 Å². The maximum Gasteiger partial charge on any atom is 0.277 e. The average Bonchev–Trinajstić information content (AvgIpc) is 3.14. The molecular formula is C20H24N4O3. The summed E-state index contributed by atoms with van der Waals surface area (Å²) in [6, 6.07) is 9.43. The Balaban J connectivity index is 1.86. The van der Waals surface area contributed by atoms with Gasteiger partial charge in [0.25, 0.3) is 11.5 Å². The second kappa shape index (κ2) is 7.15. The van der Waals surface area contributed by atoms with Crippen molar-refractivity contribution >= 4 is 22.5 Å². The topological polar surface area (TPSA) is 68.8 Å². The zero-order valence-corrected chi connectivity index (χ0v) is 15.7. The number of para-hydroxylation sites is 2. The van der Waals surface area contributed by atoms with Crippen molar-refractivity contribution in [3.05, 3.63) is 46.4 Å². The van der Waals surface area contributed by atoms with Gasteiger partial charge in [-0.25, -0.2) is 4.52 Å². The van der Waals surface area contributed by atoms with Gasteiger partial charge in [0.2, 0.25) is 0 Å². The van der Waals surface area contributed by atoms with Crippen molar-refractivity contribution in [1.82, 2.24) is 19.1 Å². The van der Waals surface area contributed by atoms with Crippen molar-refractivity contribution in [1.29, 1.82) is 0 Å². The Bertz CT molecular complexity index is 1050. The van der Waals surface area contributed by atoms with E-state index in [9.17, 15) is 9.59 Å². The minimum Gasteiger partial charge on any atom is -0.383 e. The number of ether oxygens (including phenoxy) is 1. The molecule has 27 heavy (non-hydrogen) atoms. The molecule has 7 nitrogen and oxygen atoms in total. The summed E-state index contributed by atoms with van der Waals surface area (Å²) >= 11 is 0. The van der Waals surface area contributed by atoms with E-state index in [1.165, 1.54) is 0 Å². The van der Waals surface area contributed by atoms with Crippen LogP contribution in [0.5, 0.6) is 0 Å². The number of piperidine rings is 1. The number of hydrogen-bond donors (Lipinski definition) is 0. The minimum atomic E-state index is -0.163. The lowest BCUT2D eigenvalue weighted by Gasteiger charge is -2.32. The molecule has 1 saturated heterocycles. The molecule has 0 aliphatic carbocycles. The first-order chi connectivity index (χ1) is 13.1. The van der Waals surface area contributed by atoms with Crippen LogP contribution in [0.15, 0.2) is 35.1 Å². The molecule has 1 aromatic carbocycles. The van der Waals surface area contributed by atoms with Gasteiger partial charge in [-0.1, -0.05) is 12.1 Å². The lowest BCUT2D eigenvalue weighted by atomic mass is 10.0. The van der Waals surface area contributed by atoms with Gasteiger partial charge in [-0.2, -0.15) is 5.10 Å². The van der Waals surface area contributed by atoms with Gasteiger partial charge < -0.3 is 14.2 Å². The highest BCUT2D eigenvalue weighted by Gasteiger charge is 2.27. The van der Waals surface area contributed by atoms with Gasteiger partial charge >= 0.3 is 0 Å². The molecule has 1 aliphatic rings. The highest BCUT2D eigenvalue weighted by atomic mass is 16.5. The highest BCUT2D eigenvalue weighted by Crippen LogP contribution is 2.20. The lowest BCUT2D eigenvalue weighted by molar-refractivity contribution is 0.0629. The van der Waals surface area contributed by atoms with Gasteiger partial charge in [-0.15, -0.1) is 0 Å². The minimum absolute atomic E-state index is 0.0992. The van der Waals surface area contributed by atoms with Crippen molar-refractivity contribution < 1.29 is 9.53 Å². The van der Waals surface area contributed by atoms with Gasteiger partial charge in [0.1, 0.15) is 5.52 Å². The molecule has 142 valence electrons. The summed E-state index contributed by atoms with van der Waals surface area (Å²) in [5, 5.41) is 4.51. The van der Waals surface area contributed by atoms with E-state index >= 15 is 0 Å². The van der Waals surface area contributed by atoms with Crippen LogP contribution in [0.25, 0.3) is 16.6 Å². The molecule has 0 saturated carbocycles. The summed E-state index contributed by atoms with van der Waals surface area (Å²) in [5.41, 5.74) is 2.16. The van der Waals surface area contributed by atoms with E-state index in [1.807, 2.05) is 29.2 Å². The third-order valence-electron chi connectivity index (χ3n) is 5.38. The van der Waals surface area contributed by atoms with E-state index in [-0.39, 0.29) is 17.5 Å². The molecule has 1 atom stereocenters. The monoisotopic (exact) mass is 368 g/mol. The molecule has 2 aromatic heterocycles. The van der Waals surface area contributed by atoms with Crippen molar-refractivity contribution in [3.63, 3.8) is 0 Å². The second-order valence-electron chi connectivity index (χ2n) is 7.11. The fourth-order valence-electron chi connectivity index (χ4n) is 3.89. The predicted molar refractivity (Wildman–Crippen MR) is 103 cm³/mol. The third-order valence-corrected chi connectivity index (χ3v) is 5.38. The van der Waals surface area contributed by atoms with Gasteiger partial charge in [0, 0.05) is 32.3 Å². The smallest absolute Gasteiger partial charge is 0.277 e. The molecule has 7 heteroatoms. The largest absolute Gasteiger partial charge is 0.383 e. The van der Waals surface area contributed by atoms with E-state index in [2.05, 4.69) is 12.0 Å². The Morgan fingerprint density at radius 1 is 1.22 bits per heavy atom. The number of amides is 1. The molecule has 4 rings (SSSR count). The van der Waals surface area contributed by atoms with Crippen LogP contribution < -0.4 is 5.56 Å². The Morgan fingerprint density at radius 2 is 2.00 bits per heavy atom. The normalized spacial score (nSPS) is 17.7. The molecule has 0 bridgehead atoms. The van der Waals surface area contributed by atoms with Gasteiger partial charge in [0.05, 0.1) is 17.6 Å². The van der Waals surface area contributed by atoms with Gasteiger partial charge in [-0.3, -0.25) is 9.59 Å². The maximum absolute atomic E-state index is 13.0. The Labute approximate surface area is 157 Å². The first-order valence-electron chi connectivity index (χ1n) is 9.43. The number of benzene rings is 1. The van der Waals surface area contributed by atoms with Crippen molar-refractivity contribution in [2.45, 2.75) is 38.8 Å². The van der Waals surface area contributed by atoms with E-state index in [1.54, 1.807) is 22.3 Å². The summed E-state index contributed by atoms with van der Waals surface area (Å²) in [4.78, 5) is 27.9. The maximum atomic E-state index is 13.0. The molecule has 0 unspecified atom stereocenters. The summed E-state index contributed by atoms with van der Waals surface area (Å²) < 4.78 is 8.44. The van der Waals surface area contributed by atoms with E-state index in [0.29, 0.717) is 24.4 Å². The van der Waals surface area contributed by atoms with Crippen LogP contribution in [0, 0.1) is 0 Å². The summed E-state index contributed by atoms with van der Waals surface area (Å²) in [5.74, 6) is -0.0992. The molecule has 1 fully saturated rings. The van der Waals surface area contributed by atoms with Crippen LogP contribution in [0.2, 0.25) is 0 Å². The Kier molecular flexibility index (Phi) is 4.70. The number of likely N-dealkylation sites (tertiary alicyclic amines) is 1. The van der Waals surface area contributed by atoms with Crippen LogP contribution in [0.3, 0.4) is 0 Å². The highest BCUT2D eigenvalue weighted by molar-refractivity contribution is 5.94. The predicted octanol–water partition coefficient (Wildman–Crippen LogP) is 2.31.